The molecule has 0 N–H and O–H groups in total. The summed E-state index contributed by atoms with van der Waals surface area (Å²) < 4.78 is 39.4. The van der Waals surface area contributed by atoms with Crippen molar-refractivity contribution in [3.63, 3.8) is 0 Å². The summed E-state index contributed by atoms with van der Waals surface area (Å²) in [6.45, 7) is 4.72. The average molecular weight is 366 g/mol. The molecule has 2 aliphatic rings. The second-order valence-electron chi connectivity index (χ2n) is 6.27. The zero-order valence-electron chi connectivity index (χ0n) is 14.0. The van der Waals surface area contributed by atoms with Crippen LogP contribution >= 0.6 is 0 Å². The van der Waals surface area contributed by atoms with Gasteiger partial charge in [0.05, 0.1) is 19.8 Å². The molecule has 0 atom stereocenters. The summed E-state index contributed by atoms with van der Waals surface area (Å²) in [4.78, 5) is 6.66. The molecule has 0 radical (unpaired) electrons. The van der Waals surface area contributed by atoms with Gasteiger partial charge in [-0.15, -0.1) is 0 Å². The summed E-state index contributed by atoms with van der Waals surface area (Å²) in [7, 11) is -3.38. The highest BCUT2D eigenvalue weighted by molar-refractivity contribution is 7.86. The standard InChI is InChI=1S/C16H22N4O4S/c21-25(22,20-9-11-23-12-10-20)19-7-5-18(6-8-19)13-16-17-14-3-1-2-4-15(14)24-16/h1-4H,5-13H2. The van der Waals surface area contributed by atoms with E-state index in [0.717, 1.165) is 11.1 Å². The van der Waals surface area contributed by atoms with Gasteiger partial charge in [0.25, 0.3) is 10.2 Å². The summed E-state index contributed by atoms with van der Waals surface area (Å²) in [6, 6.07) is 7.68. The molecule has 0 saturated carbocycles. The van der Waals surface area contributed by atoms with Gasteiger partial charge in [-0.05, 0) is 12.1 Å². The number of para-hydroxylation sites is 2. The average Bonchev–Trinajstić information content (AvgIpc) is 3.05. The number of piperazine rings is 1. The Morgan fingerprint density at radius 2 is 1.64 bits per heavy atom. The van der Waals surface area contributed by atoms with Crippen molar-refractivity contribution >= 4 is 21.3 Å². The molecule has 3 heterocycles. The van der Waals surface area contributed by atoms with Crippen molar-refractivity contribution in [3.8, 4) is 0 Å². The molecule has 0 amide bonds. The zero-order valence-corrected chi connectivity index (χ0v) is 14.8. The van der Waals surface area contributed by atoms with Crippen LogP contribution in [0, 0.1) is 0 Å². The fraction of sp³-hybridized carbons (Fsp3) is 0.562. The first-order valence-corrected chi connectivity index (χ1v) is 9.92. The first-order valence-electron chi connectivity index (χ1n) is 8.53. The summed E-state index contributed by atoms with van der Waals surface area (Å²) in [5, 5.41) is 0. The van der Waals surface area contributed by atoms with E-state index in [1.165, 1.54) is 4.31 Å². The Labute approximate surface area is 147 Å². The van der Waals surface area contributed by atoms with Crippen LogP contribution in [0.3, 0.4) is 0 Å². The maximum absolute atomic E-state index is 12.7. The third kappa shape index (κ3) is 3.56. The Morgan fingerprint density at radius 1 is 0.960 bits per heavy atom. The topological polar surface area (TPSA) is 79.1 Å². The Bertz CT molecular complexity index is 791. The van der Waals surface area contributed by atoms with E-state index in [1.54, 1.807) is 4.31 Å². The van der Waals surface area contributed by atoms with Gasteiger partial charge in [0, 0.05) is 39.3 Å². The number of rotatable bonds is 4. The molecule has 0 bridgehead atoms. The predicted molar refractivity (Wildman–Crippen MR) is 92.2 cm³/mol. The quantitative estimate of drug-likeness (QED) is 0.785. The number of benzene rings is 1. The number of morpholine rings is 1. The molecular formula is C16H22N4O4S. The Hall–Kier alpha value is -1.52. The highest BCUT2D eigenvalue weighted by Crippen LogP contribution is 2.18. The molecule has 2 aromatic rings. The lowest BCUT2D eigenvalue weighted by molar-refractivity contribution is 0.0682. The van der Waals surface area contributed by atoms with E-state index >= 15 is 0 Å². The van der Waals surface area contributed by atoms with Gasteiger partial charge in [0.2, 0.25) is 5.89 Å². The highest BCUT2D eigenvalue weighted by Gasteiger charge is 2.33. The molecule has 2 aliphatic heterocycles. The lowest BCUT2D eigenvalue weighted by Gasteiger charge is -2.37. The molecule has 8 nitrogen and oxygen atoms in total. The van der Waals surface area contributed by atoms with E-state index in [2.05, 4.69) is 9.88 Å². The number of oxazole rings is 1. The van der Waals surface area contributed by atoms with Gasteiger partial charge in [0.15, 0.2) is 5.58 Å². The van der Waals surface area contributed by atoms with Gasteiger partial charge in [-0.1, -0.05) is 12.1 Å². The van der Waals surface area contributed by atoms with Crippen LogP contribution in [0.25, 0.3) is 11.1 Å². The Morgan fingerprint density at radius 3 is 2.36 bits per heavy atom. The molecule has 25 heavy (non-hydrogen) atoms. The van der Waals surface area contributed by atoms with Crippen LogP contribution in [-0.4, -0.2) is 79.4 Å². The molecular weight excluding hydrogens is 344 g/mol. The fourth-order valence-electron chi connectivity index (χ4n) is 3.24. The van der Waals surface area contributed by atoms with Crippen molar-refractivity contribution in [3.05, 3.63) is 30.2 Å². The van der Waals surface area contributed by atoms with Gasteiger partial charge in [-0.2, -0.15) is 17.0 Å². The van der Waals surface area contributed by atoms with Crippen LogP contribution in [0.4, 0.5) is 0 Å². The van der Waals surface area contributed by atoms with Gasteiger partial charge >= 0.3 is 0 Å². The van der Waals surface area contributed by atoms with E-state index in [0.29, 0.717) is 64.9 Å². The summed E-state index contributed by atoms with van der Waals surface area (Å²) >= 11 is 0. The first-order chi connectivity index (χ1) is 12.1. The second kappa shape index (κ2) is 7.00. The van der Waals surface area contributed by atoms with Crippen molar-refractivity contribution in [1.82, 2.24) is 18.5 Å². The number of hydrogen-bond acceptors (Lipinski definition) is 6. The molecule has 4 rings (SSSR count). The molecule has 2 saturated heterocycles. The largest absolute Gasteiger partial charge is 0.439 e. The van der Waals surface area contributed by atoms with Gasteiger partial charge in [-0.25, -0.2) is 4.98 Å². The van der Waals surface area contributed by atoms with Crippen molar-refractivity contribution in [2.24, 2.45) is 0 Å². The maximum Gasteiger partial charge on any atom is 0.282 e. The number of aromatic nitrogens is 1. The molecule has 0 unspecified atom stereocenters. The minimum Gasteiger partial charge on any atom is -0.439 e. The number of ether oxygens (including phenoxy) is 1. The molecule has 136 valence electrons. The third-order valence-electron chi connectivity index (χ3n) is 4.65. The van der Waals surface area contributed by atoms with E-state index < -0.39 is 10.2 Å². The molecule has 9 heteroatoms. The number of fused-ring (bicyclic) bond motifs is 1. The van der Waals surface area contributed by atoms with Crippen molar-refractivity contribution in [1.29, 1.82) is 0 Å². The molecule has 0 spiro atoms. The second-order valence-corrected chi connectivity index (χ2v) is 8.20. The van der Waals surface area contributed by atoms with E-state index in [-0.39, 0.29) is 0 Å². The minimum absolute atomic E-state index is 0.436. The molecule has 1 aromatic carbocycles. The predicted octanol–water partition coefficient (Wildman–Crippen LogP) is 0.522. The Kier molecular flexibility index (Phi) is 4.74. The Balaban J connectivity index is 1.36. The van der Waals surface area contributed by atoms with Crippen molar-refractivity contribution < 1.29 is 17.6 Å². The van der Waals surface area contributed by atoms with Gasteiger partial charge < -0.3 is 9.15 Å². The normalized spacial score (nSPS) is 21.8. The van der Waals surface area contributed by atoms with Crippen LogP contribution in [-0.2, 0) is 21.5 Å². The van der Waals surface area contributed by atoms with Crippen LogP contribution < -0.4 is 0 Å². The van der Waals surface area contributed by atoms with Crippen molar-refractivity contribution in [2.45, 2.75) is 6.54 Å². The van der Waals surface area contributed by atoms with E-state index in [1.807, 2.05) is 24.3 Å². The fourth-order valence-corrected chi connectivity index (χ4v) is 4.80. The first kappa shape index (κ1) is 16.9. The maximum atomic E-state index is 12.7. The highest BCUT2D eigenvalue weighted by atomic mass is 32.2. The SMILES string of the molecule is O=S(=O)(N1CCOCC1)N1CCN(Cc2nc3ccccc3o2)CC1. The van der Waals surface area contributed by atoms with Gasteiger partial charge in [0.1, 0.15) is 5.52 Å². The summed E-state index contributed by atoms with van der Waals surface area (Å²) in [6.07, 6.45) is 0. The van der Waals surface area contributed by atoms with Crippen LogP contribution in [0.2, 0.25) is 0 Å². The summed E-state index contributed by atoms with van der Waals surface area (Å²) in [5.41, 5.74) is 1.64. The van der Waals surface area contributed by atoms with E-state index in [4.69, 9.17) is 9.15 Å². The number of nitrogens with zero attached hydrogens (tertiary/aromatic N) is 4. The number of hydrogen-bond donors (Lipinski definition) is 0. The smallest absolute Gasteiger partial charge is 0.282 e. The minimum atomic E-state index is -3.38. The van der Waals surface area contributed by atoms with Gasteiger partial charge in [-0.3, -0.25) is 4.90 Å². The molecule has 2 fully saturated rings. The van der Waals surface area contributed by atoms with Crippen LogP contribution in [0.15, 0.2) is 28.7 Å². The third-order valence-corrected chi connectivity index (χ3v) is 6.69. The van der Waals surface area contributed by atoms with Crippen LogP contribution in [0.5, 0.6) is 0 Å². The van der Waals surface area contributed by atoms with E-state index in [9.17, 15) is 8.42 Å². The lowest BCUT2D eigenvalue weighted by atomic mass is 10.3. The van der Waals surface area contributed by atoms with Crippen LogP contribution in [0.1, 0.15) is 5.89 Å². The lowest BCUT2D eigenvalue weighted by Crippen LogP contribution is -2.54. The van der Waals surface area contributed by atoms with Crippen molar-refractivity contribution in [2.75, 3.05) is 52.5 Å². The summed E-state index contributed by atoms with van der Waals surface area (Å²) in [5.74, 6) is 0.672. The molecule has 0 aliphatic carbocycles. The molecule has 1 aromatic heterocycles. The monoisotopic (exact) mass is 366 g/mol. The zero-order chi connectivity index (χ0) is 17.3.